The van der Waals surface area contributed by atoms with Crippen LogP contribution in [0.25, 0.3) is 0 Å². The summed E-state index contributed by atoms with van der Waals surface area (Å²) in [5, 5.41) is 0. The molecule has 0 aromatic carbocycles. The largest absolute Gasteiger partial charge is 0.467 e. The molecular weight excluding hydrogens is 697 g/mol. The average molecular weight is 701 g/mol. The Hall–Kier alpha value is -3.11. The Labute approximate surface area is 220 Å². The first-order chi connectivity index (χ1) is 18.6. The van der Waals surface area contributed by atoms with Gasteiger partial charge >= 0.3 is 68.0 Å². The topological polar surface area (TPSA) is 88.3 Å². The second-order valence-electron chi connectivity index (χ2n) is 7.68. The molecule has 0 aromatic heterocycles. The summed E-state index contributed by atoms with van der Waals surface area (Å²) in [7, 11) is -5.49. The minimum Gasteiger partial charge on any atom is -0.212 e. The molecule has 0 saturated carbocycles. The third-order valence-electron chi connectivity index (χ3n) is 5.02. The molecule has 0 aliphatic heterocycles. The van der Waals surface area contributed by atoms with Crippen molar-refractivity contribution in [2.45, 2.75) is 71.9 Å². The molecule has 6 nitrogen and oxygen atoms in total. The summed E-state index contributed by atoms with van der Waals surface area (Å²) < 4.78 is 288. The van der Waals surface area contributed by atoms with Gasteiger partial charge in [0.1, 0.15) is 0 Å². The maximum atomic E-state index is 14.0. The summed E-state index contributed by atoms with van der Waals surface area (Å²) in [6.45, 7) is 0. The average Bonchev–Trinajstić information content (AvgIpc) is 2.81. The van der Waals surface area contributed by atoms with Gasteiger partial charge in [0.05, 0.1) is 0 Å². The van der Waals surface area contributed by atoms with Gasteiger partial charge in [0.15, 0.2) is 0 Å². The molecule has 0 aliphatic carbocycles. The van der Waals surface area contributed by atoms with E-state index in [0.717, 1.165) is 0 Å². The molecule has 0 fully saturated rings. The van der Waals surface area contributed by atoms with Crippen LogP contribution in [0.15, 0.2) is 14.0 Å². The van der Waals surface area contributed by atoms with E-state index in [0.29, 0.717) is 18.2 Å². The Morgan fingerprint density at radius 1 is 0.395 bits per heavy atom. The summed E-state index contributed by atoms with van der Waals surface area (Å²) in [5.74, 6) is -78.6. The van der Waals surface area contributed by atoms with E-state index in [-0.39, 0.29) is 0 Å². The van der Waals surface area contributed by atoms with E-state index in [1.807, 2.05) is 0 Å². The third kappa shape index (κ3) is 5.64. The van der Waals surface area contributed by atoms with E-state index in [2.05, 4.69) is 14.0 Å². The zero-order valence-electron chi connectivity index (χ0n) is 18.9. The Bertz CT molecular complexity index is 1150. The zero-order valence-corrected chi connectivity index (χ0v) is 19.9. The second kappa shape index (κ2) is 11.1. The van der Waals surface area contributed by atoms with Crippen molar-refractivity contribution in [3.8, 4) is 0 Å². The minimum atomic E-state index is -9.31. The van der Waals surface area contributed by atoms with Crippen molar-refractivity contribution in [3.05, 3.63) is 0 Å². The number of carbonyl (C=O) groups excluding carboxylic acids is 3. The fraction of sp³-hybridized carbons (Fsp3) is 0.800. The molecule has 0 N–H and O–H groups in total. The SMILES string of the molecule is O=C=N[Si](CCC(F)(F)C(F)(F)C(F)(F)C(F)(F)C(F)(F)C(F)(F)C(F)(F)C(F)(F)C(F)(F)C(F)(F)F)(N=C=O)N=C=O. The number of halogens is 21. The molecule has 0 spiro atoms. The lowest BCUT2D eigenvalue weighted by Gasteiger charge is -2.44. The third-order valence-corrected chi connectivity index (χ3v) is 7.29. The van der Waals surface area contributed by atoms with Crippen LogP contribution in [-0.4, -0.2) is 86.3 Å². The van der Waals surface area contributed by atoms with Crippen LogP contribution < -0.4 is 0 Å². The Morgan fingerprint density at radius 3 is 0.860 bits per heavy atom. The maximum Gasteiger partial charge on any atom is 0.467 e. The van der Waals surface area contributed by atoms with Gasteiger partial charge in [-0.1, -0.05) is 0 Å². The fourth-order valence-corrected chi connectivity index (χ4v) is 4.11. The molecule has 0 heterocycles. The van der Waals surface area contributed by atoms with Gasteiger partial charge in [-0.25, -0.2) is 14.4 Å². The van der Waals surface area contributed by atoms with Crippen LogP contribution >= 0.6 is 0 Å². The van der Waals surface area contributed by atoms with Crippen molar-refractivity contribution in [3.63, 3.8) is 0 Å². The van der Waals surface area contributed by atoms with Crippen molar-refractivity contribution in [1.82, 2.24) is 0 Å². The summed E-state index contributed by atoms with van der Waals surface area (Å²) in [5.41, 5.74) is 0. The standard InChI is InChI=1S/C15H4F21N3O3Si/c16-6(17,1-2-43(37-3-40,38-4-41)39-5-42)7(18,19)8(20,21)9(22,23)10(24,25)11(26,27)12(28,29)13(30,31)14(32,33)15(34,35)36/h1-2H2. The van der Waals surface area contributed by atoms with Crippen LogP contribution in [0.3, 0.4) is 0 Å². The summed E-state index contributed by atoms with van der Waals surface area (Å²) in [6, 6.07) is -2.33. The summed E-state index contributed by atoms with van der Waals surface area (Å²) >= 11 is 0. The van der Waals surface area contributed by atoms with E-state index >= 15 is 0 Å². The van der Waals surface area contributed by atoms with E-state index in [1.54, 1.807) is 0 Å². The van der Waals surface area contributed by atoms with Crippen molar-refractivity contribution in [2.24, 2.45) is 14.0 Å². The van der Waals surface area contributed by atoms with Crippen LogP contribution in [-0.2, 0) is 14.4 Å². The first kappa shape index (κ1) is 39.9. The highest BCUT2D eigenvalue weighted by Gasteiger charge is 2.97. The second-order valence-corrected chi connectivity index (χ2v) is 10.4. The maximum absolute atomic E-state index is 14.0. The number of hydrogen-bond donors (Lipinski definition) is 0. The lowest BCUT2D eigenvalue weighted by Crippen LogP contribution is -2.76. The first-order valence-corrected chi connectivity index (χ1v) is 11.4. The molecule has 0 radical (unpaired) electrons. The minimum absolute atomic E-state index is 0.343. The molecule has 0 amide bonds. The Kier molecular flexibility index (Phi) is 10.3. The molecular formula is C15H4F21N3O3Si. The quantitative estimate of drug-likeness (QED) is 0.0886. The Balaban J connectivity index is 7.10. The Morgan fingerprint density at radius 2 is 0.628 bits per heavy atom. The van der Waals surface area contributed by atoms with Crippen molar-refractivity contribution >= 4 is 26.8 Å². The molecule has 0 rings (SSSR count). The van der Waals surface area contributed by atoms with Gasteiger partial charge in [-0.15, -0.1) is 0 Å². The summed E-state index contributed by atoms with van der Waals surface area (Å²) in [6.07, 6.45) is -10.3. The molecule has 28 heteroatoms. The van der Waals surface area contributed by atoms with E-state index in [9.17, 15) is 107 Å². The molecule has 0 bridgehead atoms. The zero-order chi connectivity index (χ0) is 35.2. The number of isocyanates is 3. The van der Waals surface area contributed by atoms with Crippen LogP contribution in [0.5, 0.6) is 0 Å². The molecule has 0 aromatic rings. The van der Waals surface area contributed by atoms with E-state index < -0.39 is 80.5 Å². The molecule has 248 valence electrons. The van der Waals surface area contributed by atoms with Crippen LogP contribution in [0.1, 0.15) is 6.42 Å². The van der Waals surface area contributed by atoms with E-state index in [4.69, 9.17) is 0 Å². The highest BCUT2D eigenvalue weighted by molar-refractivity contribution is 6.76. The van der Waals surface area contributed by atoms with Crippen molar-refractivity contribution in [1.29, 1.82) is 0 Å². The number of alkyl halides is 21. The van der Waals surface area contributed by atoms with Gasteiger partial charge in [0.25, 0.3) is 0 Å². The smallest absolute Gasteiger partial charge is 0.212 e. The number of hydrogen-bond acceptors (Lipinski definition) is 6. The predicted molar refractivity (Wildman–Crippen MR) is 90.1 cm³/mol. The highest BCUT2D eigenvalue weighted by Crippen LogP contribution is 2.66. The first-order valence-electron chi connectivity index (χ1n) is 9.38. The van der Waals surface area contributed by atoms with Crippen molar-refractivity contribution < 1.29 is 107 Å². The molecule has 0 unspecified atom stereocenters. The molecule has 0 atom stereocenters. The predicted octanol–water partition coefficient (Wildman–Crippen LogP) is 6.60. The van der Waals surface area contributed by atoms with Gasteiger partial charge in [-0.05, 0) is 0 Å². The number of rotatable bonds is 14. The molecule has 0 saturated heterocycles. The lowest BCUT2D eigenvalue weighted by atomic mass is 9.86. The van der Waals surface area contributed by atoms with Gasteiger partial charge in [-0.2, -0.15) is 106 Å². The van der Waals surface area contributed by atoms with Crippen LogP contribution in [0.4, 0.5) is 92.2 Å². The van der Waals surface area contributed by atoms with Gasteiger partial charge < -0.3 is 0 Å². The van der Waals surface area contributed by atoms with Gasteiger partial charge in [0.2, 0.25) is 18.2 Å². The molecule has 0 aliphatic rings. The van der Waals surface area contributed by atoms with Crippen LogP contribution in [0.2, 0.25) is 6.04 Å². The van der Waals surface area contributed by atoms with Gasteiger partial charge in [0, 0.05) is 12.5 Å². The fourth-order valence-electron chi connectivity index (χ4n) is 2.53. The normalized spacial score (nSPS) is 16.4. The summed E-state index contributed by atoms with van der Waals surface area (Å²) in [4.78, 5) is 30.9. The van der Waals surface area contributed by atoms with Gasteiger partial charge in [-0.3, -0.25) is 0 Å². The molecule has 43 heavy (non-hydrogen) atoms. The lowest BCUT2D eigenvalue weighted by molar-refractivity contribution is -0.474. The monoisotopic (exact) mass is 701 g/mol. The highest BCUT2D eigenvalue weighted by atomic mass is 28.4. The van der Waals surface area contributed by atoms with Crippen LogP contribution in [0, 0.1) is 0 Å². The number of nitrogens with zero attached hydrogens (tertiary/aromatic N) is 3. The van der Waals surface area contributed by atoms with E-state index in [1.165, 1.54) is 0 Å². The van der Waals surface area contributed by atoms with Crippen molar-refractivity contribution in [2.75, 3.05) is 0 Å².